The molecule has 10 heteroatoms. The van der Waals surface area contributed by atoms with Crippen LogP contribution in [-0.2, 0) is 11.0 Å². The van der Waals surface area contributed by atoms with Gasteiger partial charge in [0.2, 0.25) is 5.91 Å². The predicted molar refractivity (Wildman–Crippen MR) is 110 cm³/mol. The minimum absolute atomic E-state index is 0.0128. The minimum Gasteiger partial charge on any atom is -0.326 e. The first-order valence-corrected chi connectivity index (χ1v) is 9.46. The number of carbonyl (C=O) groups is 1. The highest BCUT2D eigenvalue weighted by Crippen LogP contribution is 2.30. The molecule has 1 amide bonds. The van der Waals surface area contributed by atoms with E-state index < -0.39 is 17.6 Å². The zero-order valence-corrected chi connectivity index (χ0v) is 16.7. The van der Waals surface area contributed by atoms with Gasteiger partial charge in [0.15, 0.2) is 0 Å². The van der Waals surface area contributed by atoms with E-state index in [0.29, 0.717) is 17.5 Å². The van der Waals surface area contributed by atoms with Crippen LogP contribution in [0.3, 0.4) is 0 Å². The second kappa shape index (κ2) is 7.86. The van der Waals surface area contributed by atoms with Crippen molar-refractivity contribution in [1.29, 1.82) is 0 Å². The number of halogens is 3. The number of nitrogens with one attached hydrogen (secondary N) is 1. The Balaban J connectivity index is 1.53. The molecule has 0 saturated heterocycles. The van der Waals surface area contributed by atoms with Gasteiger partial charge in [0.05, 0.1) is 22.8 Å². The summed E-state index contributed by atoms with van der Waals surface area (Å²) in [5.41, 5.74) is 1.43. The maximum absolute atomic E-state index is 12.9. The Kier molecular flexibility index (Phi) is 5.22. The van der Waals surface area contributed by atoms with Gasteiger partial charge in [0.25, 0.3) is 5.84 Å². The molecule has 0 bridgehead atoms. The van der Waals surface area contributed by atoms with Crippen LogP contribution in [0.25, 0.3) is 0 Å². The first-order chi connectivity index (χ1) is 14.7. The van der Waals surface area contributed by atoms with E-state index in [9.17, 15) is 18.0 Å². The van der Waals surface area contributed by atoms with Crippen molar-refractivity contribution in [1.82, 2.24) is 4.98 Å². The summed E-state index contributed by atoms with van der Waals surface area (Å²) < 4.78 is 40.3. The van der Waals surface area contributed by atoms with Gasteiger partial charge in [-0.25, -0.2) is 0 Å². The summed E-state index contributed by atoms with van der Waals surface area (Å²) in [6, 6.07) is 8.15. The Labute approximate surface area is 175 Å². The van der Waals surface area contributed by atoms with Crippen LogP contribution in [-0.4, -0.2) is 38.8 Å². The van der Waals surface area contributed by atoms with E-state index in [-0.39, 0.29) is 18.0 Å². The van der Waals surface area contributed by atoms with Crippen molar-refractivity contribution in [2.45, 2.75) is 26.4 Å². The number of fused-ring (bicyclic) bond motifs is 1. The Morgan fingerprint density at radius 3 is 2.68 bits per heavy atom. The number of alkyl halides is 3. The number of benzene rings is 1. The summed E-state index contributed by atoms with van der Waals surface area (Å²) in [5, 5.41) is 7.02. The number of hydrogen-bond acceptors (Lipinski definition) is 5. The molecule has 31 heavy (non-hydrogen) atoms. The van der Waals surface area contributed by atoms with Crippen molar-refractivity contribution in [3.05, 3.63) is 59.9 Å². The normalized spacial score (nSPS) is 18.2. The molecule has 1 atom stereocenters. The van der Waals surface area contributed by atoms with E-state index in [0.717, 1.165) is 23.4 Å². The van der Waals surface area contributed by atoms with Gasteiger partial charge in [-0.2, -0.15) is 13.2 Å². The molecule has 1 unspecified atom stereocenters. The number of anilines is 1. The molecular weight excluding hydrogens is 409 g/mol. The topological polar surface area (TPSA) is 82.1 Å². The zero-order valence-electron chi connectivity index (χ0n) is 16.7. The lowest BCUT2D eigenvalue weighted by Crippen LogP contribution is -2.36. The molecule has 2 aromatic rings. The molecule has 2 aliphatic heterocycles. The molecule has 158 valence electrons. The van der Waals surface area contributed by atoms with Crippen LogP contribution in [0.1, 0.15) is 31.4 Å². The van der Waals surface area contributed by atoms with Crippen LogP contribution in [0.4, 0.5) is 18.9 Å². The number of amidine groups is 1. The Morgan fingerprint density at radius 1 is 1.16 bits per heavy atom. The fourth-order valence-corrected chi connectivity index (χ4v) is 3.38. The van der Waals surface area contributed by atoms with Crippen LogP contribution in [0.2, 0.25) is 0 Å². The van der Waals surface area contributed by atoms with Gasteiger partial charge in [-0.1, -0.05) is 16.2 Å². The van der Waals surface area contributed by atoms with Gasteiger partial charge in [0.1, 0.15) is 5.71 Å². The third-order valence-corrected chi connectivity index (χ3v) is 4.99. The molecule has 3 heterocycles. The van der Waals surface area contributed by atoms with Crippen LogP contribution in [0, 0.1) is 5.92 Å². The molecule has 7 nitrogen and oxygen atoms in total. The lowest BCUT2D eigenvalue weighted by Gasteiger charge is -2.18. The van der Waals surface area contributed by atoms with E-state index in [1.807, 2.05) is 13.0 Å². The maximum Gasteiger partial charge on any atom is 0.459 e. The van der Waals surface area contributed by atoms with Crippen molar-refractivity contribution in [2.24, 2.45) is 21.0 Å². The highest BCUT2D eigenvalue weighted by Gasteiger charge is 2.38. The molecular formula is C21H18F3N6O+. The van der Waals surface area contributed by atoms with Crippen LogP contribution < -0.4 is 5.32 Å². The van der Waals surface area contributed by atoms with E-state index in [4.69, 9.17) is 0 Å². The summed E-state index contributed by atoms with van der Waals surface area (Å²) in [4.78, 5) is 25.5. The van der Waals surface area contributed by atoms with Gasteiger partial charge in [-0.15, -0.1) is 4.68 Å². The number of aliphatic imine (C=N–C) groups is 2. The second-order valence-electron chi connectivity index (χ2n) is 7.17. The van der Waals surface area contributed by atoms with E-state index >= 15 is 0 Å². The van der Waals surface area contributed by atoms with Gasteiger partial charge in [-0.3, -0.25) is 9.78 Å². The average molecular weight is 427 g/mol. The van der Waals surface area contributed by atoms with Crippen molar-refractivity contribution in [3.8, 4) is 0 Å². The first kappa shape index (κ1) is 20.6. The number of rotatable bonds is 4. The molecule has 1 aromatic carbocycles. The summed E-state index contributed by atoms with van der Waals surface area (Å²) in [7, 11) is 0. The molecule has 2 aliphatic rings. The Hall–Kier alpha value is -3.69. The smallest absolute Gasteiger partial charge is 0.326 e. The standard InChI is InChI=1S/C21H17F3N6O/c1-12-17(10-18(31)27-16-7-3-6-15(9-16)21(22,23)24)13(2)30-20(26-12)28-19(29-30)14-5-4-8-25-11-14/h3-9,11,17H,10H2,1-2H3/p+1. The molecule has 0 spiro atoms. The molecule has 0 aliphatic carbocycles. The number of aromatic nitrogens is 1. The van der Waals surface area contributed by atoms with Crippen LogP contribution in [0.15, 0.2) is 63.9 Å². The molecule has 0 radical (unpaired) electrons. The maximum atomic E-state index is 12.9. The Morgan fingerprint density at radius 2 is 1.97 bits per heavy atom. The van der Waals surface area contributed by atoms with Gasteiger partial charge >= 0.3 is 12.1 Å². The van der Waals surface area contributed by atoms with E-state index in [1.54, 1.807) is 30.1 Å². The minimum atomic E-state index is -4.48. The lowest BCUT2D eigenvalue weighted by atomic mass is 9.93. The van der Waals surface area contributed by atoms with Crippen molar-refractivity contribution < 1.29 is 22.7 Å². The molecule has 4 rings (SSSR count). The fourth-order valence-electron chi connectivity index (χ4n) is 3.38. The van der Waals surface area contributed by atoms with E-state index in [1.165, 1.54) is 12.1 Å². The summed E-state index contributed by atoms with van der Waals surface area (Å²) >= 11 is 0. The van der Waals surface area contributed by atoms with Gasteiger partial charge in [0, 0.05) is 24.5 Å². The predicted octanol–water partition coefficient (Wildman–Crippen LogP) is 3.72. The number of guanidine groups is 1. The third kappa shape index (κ3) is 4.27. The van der Waals surface area contributed by atoms with Crippen LogP contribution >= 0.6 is 0 Å². The number of amides is 1. The number of hydrogen-bond donors (Lipinski definition) is 1. The average Bonchev–Trinajstić information content (AvgIpc) is 3.15. The summed E-state index contributed by atoms with van der Waals surface area (Å²) in [6.45, 7) is 3.61. The molecule has 1 N–H and O–H groups in total. The largest absolute Gasteiger partial charge is 0.459 e. The Bertz CT molecular complexity index is 1170. The fraction of sp³-hybridized carbons (Fsp3) is 0.238. The van der Waals surface area contributed by atoms with E-state index in [2.05, 4.69) is 25.4 Å². The molecule has 0 saturated carbocycles. The van der Waals surface area contributed by atoms with Gasteiger partial charge < -0.3 is 5.32 Å². The molecule has 1 aromatic heterocycles. The number of carbonyl (C=O) groups excluding carboxylic acids is 1. The summed E-state index contributed by atoms with van der Waals surface area (Å²) in [5.74, 6) is 0.0903. The number of hydrazone groups is 1. The highest BCUT2D eigenvalue weighted by atomic mass is 19.4. The van der Waals surface area contributed by atoms with Crippen molar-refractivity contribution in [3.63, 3.8) is 0 Å². The second-order valence-corrected chi connectivity index (χ2v) is 7.17. The third-order valence-electron chi connectivity index (χ3n) is 4.99. The monoisotopic (exact) mass is 427 g/mol. The quantitative estimate of drug-likeness (QED) is 0.755. The van der Waals surface area contributed by atoms with Gasteiger partial charge in [-0.05, 0) is 49.2 Å². The number of nitrogens with zero attached hydrogens (tertiary/aromatic N) is 5. The first-order valence-electron chi connectivity index (χ1n) is 9.46. The lowest BCUT2D eigenvalue weighted by molar-refractivity contribution is -0.414. The highest BCUT2D eigenvalue weighted by molar-refractivity contribution is 6.17. The summed E-state index contributed by atoms with van der Waals surface area (Å²) in [6.07, 6.45) is -1.17. The molecule has 0 fully saturated rings. The number of pyridine rings is 1. The zero-order chi connectivity index (χ0) is 22.2. The van der Waals surface area contributed by atoms with Crippen molar-refractivity contribution in [2.75, 3.05) is 5.32 Å². The SMILES string of the molecule is CC1=NC2=NC(c3cccnc3)=N[N+]2=C(C)C1CC(=O)Nc1cccc(C(F)(F)F)c1. The van der Waals surface area contributed by atoms with Crippen molar-refractivity contribution >= 4 is 34.8 Å². The van der Waals surface area contributed by atoms with Crippen LogP contribution in [0.5, 0.6) is 0 Å².